The van der Waals surface area contributed by atoms with Crippen LogP contribution < -0.4 is 4.74 Å². The number of benzene rings is 2. The van der Waals surface area contributed by atoms with Gasteiger partial charge < -0.3 is 9.72 Å². The summed E-state index contributed by atoms with van der Waals surface area (Å²) in [6, 6.07) is 12.5. The quantitative estimate of drug-likeness (QED) is 0.744. The van der Waals surface area contributed by atoms with Crippen LogP contribution in [0.3, 0.4) is 0 Å². The van der Waals surface area contributed by atoms with Crippen LogP contribution in [0.25, 0.3) is 11.0 Å². The lowest BCUT2D eigenvalue weighted by Gasteiger charge is -2.12. The van der Waals surface area contributed by atoms with E-state index in [0.29, 0.717) is 12.5 Å². The molecule has 1 N–H and O–H groups in total. The Labute approximate surface area is 131 Å². The molecule has 0 bridgehead atoms. The topological polar surface area (TPSA) is 37.9 Å². The van der Waals surface area contributed by atoms with E-state index in [-0.39, 0.29) is 0 Å². The molecule has 22 heavy (non-hydrogen) atoms. The second kappa shape index (κ2) is 5.84. The SMILES string of the molecule is Cc1cc(C)c2nc(COc3ccccc3C(C)C)[nH]c2c1. The highest BCUT2D eigenvalue weighted by Gasteiger charge is 2.10. The standard InChI is InChI=1S/C19H22N2O/c1-12(2)15-7-5-6-8-17(15)22-11-18-20-16-10-13(3)9-14(4)19(16)21-18/h5-10,12H,11H2,1-4H3,(H,20,21). The lowest BCUT2D eigenvalue weighted by atomic mass is 10.0. The number of ether oxygens (including phenoxy) is 1. The highest BCUT2D eigenvalue weighted by atomic mass is 16.5. The van der Waals surface area contributed by atoms with Gasteiger partial charge in [-0.3, -0.25) is 0 Å². The third kappa shape index (κ3) is 2.84. The predicted molar refractivity (Wildman–Crippen MR) is 90.4 cm³/mol. The molecule has 3 nitrogen and oxygen atoms in total. The number of rotatable bonds is 4. The molecule has 0 radical (unpaired) electrons. The number of hydrogen-bond donors (Lipinski definition) is 1. The fourth-order valence-electron chi connectivity index (χ4n) is 2.83. The zero-order valence-corrected chi connectivity index (χ0v) is 13.6. The van der Waals surface area contributed by atoms with E-state index in [0.717, 1.165) is 22.6 Å². The second-order valence-corrected chi connectivity index (χ2v) is 6.14. The number of H-pyrrole nitrogens is 1. The Kier molecular flexibility index (Phi) is 3.88. The van der Waals surface area contributed by atoms with E-state index in [9.17, 15) is 0 Å². The third-order valence-corrected chi connectivity index (χ3v) is 3.88. The number of aromatic nitrogens is 2. The van der Waals surface area contributed by atoms with Gasteiger partial charge in [0.2, 0.25) is 0 Å². The minimum Gasteiger partial charge on any atom is -0.485 e. The number of nitrogens with one attached hydrogen (secondary N) is 1. The van der Waals surface area contributed by atoms with Gasteiger partial charge in [-0.05, 0) is 48.6 Å². The first kappa shape index (κ1) is 14.6. The zero-order valence-electron chi connectivity index (χ0n) is 13.6. The van der Waals surface area contributed by atoms with Crippen molar-refractivity contribution in [1.82, 2.24) is 9.97 Å². The van der Waals surface area contributed by atoms with Gasteiger partial charge in [0.05, 0.1) is 11.0 Å². The van der Waals surface area contributed by atoms with Crippen molar-refractivity contribution in [2.45, 2.75) is 40.2 Å². The molecule has 0 saturated heterocycles. The lowest BCUT2D eigenvalue weighted by Crippen LogP contribution is -2.01. The maximum atomic E-state index is 5.99. The van der Waals surface area contributed by atoms with E-state index in [4.69, 9.17) is 4.74 Å². The molecule has 0 amide bonds. The first-order valence-electron chi connectivity index (χ1n) is 7.72. The molecule has 0 fully saturated rings. The maximum Gasteiger partial charge on any atom is 0.146 e. The minimum atomic E-state index is 0.441. The van der Waals surface area contributed by atoms with Crippen LogP contribution in [0.1, 0.15) is 42.3 Å². The molecular formula is C19H22N2O. The molecule has 0 spiro atoms. The fourth-order valence-corrected chi connectivity index (χ4v) is 2.83. The average molecular weight is 294 g/mol. The Morgan fingerprint density at radius 2 is 1.91 bits per heavy atom. The summed E-state index contributed by atoms with van der Waals surface area (Å²) in [7, 11) is 0. The van der Waals surface area contributed by atoms with Gasteiger partial charge in [0, 0.05) is 0 Å². The van der Waals surface area contributed by atoms with Gasteiger partial charge in [0.1, 0.15) is 18.2 Å². The third-order valence-electron chi connectivity index (χ3n) is 3.88. The van der Waals surface area contributed by atoms with E-state index in [1.54, 1.807) is 0 Å². The van der Waals surface area contributed by atoms with E-state index in [1.807, 2.05) is 12.1 Å². The Morgan fingerprint density at radius 1 is 1.14 bits per heavy atom. The highest BCUT2D eigenvalue weighted by Crippen LogP contribution is 2.26. The lowest BCUT2D eigenvalue weighted by molar-refractivity contribution is 0.293. The van der Waals surface area contributed by atoms with Crippen LogP contribution in [0.15, 0.2) is 36.4 Å². The molecule has 3 heteroatoms. The van der Waals surface area contributed by atoms with Gasteiger partial charge in [0.15, 0.2) is 0 Å². The van der Waals surface area contributed by atoms with Gasteiger partial charge in [-0.25, -0.2) is 4.98 Å². The zero-order chi connectivity index (χ0) is 15.7. The Bertz CT molecular complexity index is 802. The highest BCUT2D eigenvalue weighted by molar-refractivity contribution is 5.79. The molecule has 114 valence electrons. The summed E-state index contributed by atoms with van der Waals surface area (Å²) in [5.74, 6) is 2.24. The van der Waals surface area contributed by atoms with Crippen molar-refractivity contribution in [3.63, 3.8) is 0 Å². The second-order valence-electron chi connectivity index (χ2n) is 6.14. The first-order valence-corrected chi connectivity index (χ1v) is 7.72. The summed E-state index contributed by atoms with van der Waals surface area (Å²) in [5.41, 5.74) is 5.77. The van der Waals surface area contributed by atoms with Crippen molar-refractivity contribution >= 4 is 11.0 Å². The molecule has 0 aliphatic rings. The Balaban J connectivity index is 1.84. The van der Waals surface area contributed by atoms with Gasteiger partial charge in [0.25, 0.3) is 0 Å². The van der Waals surface area contributed by atoms with Gasteiger partial charge >= 0.3 is 0 Å². The van der Waals surface area contributed by atoms with Crippen LogP contribution in [0, 0.1) is 13.8 Å². The van der Waals surface area contributed by atoms with Gasteiger partial charge in [-0.2, -0.15) is 0 Å². The molecule has 3 aromatic rings. The van der Waals surface area contributed by atoms with Crippen molar-refractivity contribution in [1.29, 1.82) is 0 Å². The van der Waals surface area contributed by atoms with Crippen LogP contribution in [0.4, 0.5) is 0 Å². The number of hydrogen-bond acceptors (Lipinski definition) is 2. The molecule has 0 aliphatic carbocycles. The van der Waals surface area contributed by atoms with Crippen LogP contribution in [-0.4, -0.2) is 9.97 Å². The van der Waals surface area contributed by atoms with E-state index in [1.165, 1.54) is 16.7 Å². The van der Waals surface area contributed by atoms with E-state index < -0.39 is 0 Å². The smallest absolute Gasteiger partial charge is 0.146 e. The predicted octanol–water partition coefficient (Wildman–Crippen LogP) is 4.88. The Morgan fingerprint density at radius 3 is 2.68 bits per heavy atom. The Hall–Kier alpha value is -2.29. The summed E-state index contributed by atoms with van der Waals surface area (Å²) >= 11 is 0. The molecule has 3 rings (SSSR count). The van der Waals surface area contributed by atoms with Crippen LogP contribution >= 0.6 is 0 Å². The molecule has 1 heterocycles. The normalized spacial score (nSPS) is 11.3. The maximum absolute atomic E-state index is 5.99. The van der Waals surface area contributed by atoms with Crippen molar-refractivity contribution < 1.29 is 4.74 Å². The largest absolute Gasteiger partial charge is 0.485 e. The summed E-state index contributed by atoms with van der Waals surface area (Å²) < 4.78 is 5.99. The summed E-state index contributed by atoms with van der Waals surface area (Å²) in [6.07, 6.45) is 0. The molecule has 2 aromatic carbocycles. The summed E-state index contributed by atoms with van der Waals surface area (Å²) in [5, 5.41) is 0. The van der Waals surface area contributed by atoms with Crippen molar-refractivity contribution in [2.75, 3.05) is 0 Å². The van der Waals surface area contributed by atoms with Gasteiger partial charge in [-0.1, -0.05) is 38.1 Å². The molecule has 1 aromatic heterocycles. The number of imidazole rings is 1. The van der Waals surface area contributed by atoms with Crippen molar-refractivity contribution in [2.24, 2.45) is 0 Å². The van der Waals surface area contributed by atoms with E-state index in [2.05, 4.69) is 61.9 Å². The number of aromatic amines is 1. The molecule has 0 aliphatic heterocycles. The van der Waals surface area contributed by atoms with Crippen LogP contribution in [-0.2, 0) is 6.61 Å². The molecule has 0 atom stereocenters. The monoisotopic (exact) mass is 294 g/mol. The first-order chi connectivity index (χ1) is 10.5. The number of nitrogens with zero attached hydrogens (tertiary/aromatic N) is 1. The molecular weight excluding hydrogens is 272 g/mol. The number of para-hydroxylation sites is 1. The number of aryl methyl sites for hydroxylation is 2. The fraction of sp³-hybridized carbons (Fsp3) is 0.316. The van der Waals surface area contributed by atoms with Crippen LogP contribution in [0.2, 0.25) is 0 Å². The van der Waals surface area contributed by atoms with Crippen molar-refractivity contribution in [3.05, 3.63) is 58.9 Å². The number of fused-ring (bicyclic) bond motifs is 1. The van der Waals surface area contributed by atoms with Crippen molar-refractivity contribution in [3.8, 4) is 5.75 Å². The minimum absolute atomic E-state index is 0.441. The molecule has 0 saturated carbocycles. The summed E-state index contributed by atoms with van der Waals surface area (Å²) in [4.78, 5) is 8.02. The summed E-state index contributed by atoms with van der Waals surface area (Å²) in [6.45, 7) is 9.00. The molecule has 0 unspecified atom stereocenters. The average Bonchev–Trinajstić information content (AvgIpc) is 2.88. The van der Waals surface area contributed by atoms with Gasteiger partial charge in [-0.15, -0.1) is 0 Å². The van der Waals surface area contributed by atoms with Crippen LogP contribution in [0.5, 0.6) is 5.75 Å². The van der Waals surface area contributed by atoms with E-state index >= 15 is 0 Å².